The number of hydrogen-bond donors (Lipinski definition) is 1. The number of aryl methyl sites for hydroxylation is 1. The van der Waals surface area contributed by atoms with Crippen molar-refractivity contribution in [2.75, 3.05) is 31.6 Å². The number of nitrogens with one attached hydrogen (secondary N) is 1. The van der Waals surface area contributed by atoms with Crippen LogP contribution >= 0.6 is 0 Å². The first kappa shape index (κ1) is 16.4. The van der Waals surface area contributed by atoms with E-state index in [1.807, 2.05) is 0 Å². The van der Waals surface area contributed by atoms with Gasteiger partial charge in [0.25, 0.3) is 0 Å². The minimum atomic E-state index is -4.45. The second-order valence-corrected chi connectivity index (χ2v) is 6.15. The van der Waals surface area contributed by atoms with E-state index in [9.17, 15) is 13.2 Å². The van der Waals surface area contributed by atoms with Crippen LogP contribution in [-0.4, -0.2) is 53.3 Å². The van der Waals surface area contributed by atoms with Gasteiger partial charge in [0.05, 0.1) is 0 Å². The number of anilines is 1. The molecule has 0 amide bonds. The molecule has 0 saturated carbocycles. The highest BCUT2D eigenvalue weighted by atomic mass is 19.4. The van der Waals surface area contributed by atoms with Crippen molar-refractivity contribution in [1.29, 1.82) is 0 Å². The summed E-state index contributed by atoms with van der Waals surface area (Å²) in [6.45, 7) is 4.84. The summed E-state index contributed by atoms with van der Waals surface area (Å²) in [7, 11) is 0. The molecule has 2 aliphatic heterocycles. The molecule has 1 atom stereocenters. The maximum atomic E-state index is 12.8. The zero-order chi connectivity index (χ0) is 16.4. The highest BCUT2D eigenvalue weighted by Crippen LogP contribution is 2.29. The van der Waals surface area contributed by atoms with Crippen LogP contribution in [0.25, 0.3) is 0 Å². The molecule has 5 nitrogen and oxygen atoms in total. The first-order chi connectivity index (χ1) is 10.9. The van der Waals surface area contributed by atoms with Crippen LogP contribution in [0.2, 0.25) is 0 Å². The molecule has 2 saturated heterocycles. The molecule has 1 aromatic heterocycles. The maximum absolute atomic E-state index is 12.8. The molecule has 0 bridgehead atoms. The van der Waals surface area contributed by atoms with Crippen molar-refractivity contribution in [3.05, 3.63) is 17.6 Å². The first-order valence-corrected chi connectivity index (χ1v) is 7.93. The van der Waals surface area contributed by atoms with Gasteiger partial charge in [-0.2, -0.15) is 13.2 Å². The van der Waals surface area contributed by atoms with Gasteiger partial charge in [0.2, 0.25) is 0 Å². The number of likely N-dealkylation sites (tertiary alicyclic amines) is 1. The van der Waals surface area contributed by atoms with Gasteiger partial charge in [-0.1, -0.05) is 0 Å². The van der Waals surface area contributed by atoms with Gasteiger partial charge in [0.15, 0.2) is 0 Å². The van der Waals surface area contributed by atoms with Crippen molar-refractivity contribution in [3.63, 3.8) is 0 Å². The molecule has 1 unspecified atom stereocenters. The standard InChI is InChI=1S/C15H21F3N4O/c1-10-19-13(15(16,17)18)8-14(20-10)21-11-2-5-22(9-11)12-3-6-23-7-4-12/h8,11-12H,2-7,9H2,1H3,(H,19,20,21). The Bertz CT molecular complexity index is 546. The van der Waals surface area contributed by atoms with Crippen molar-refractivity contribution >= 4 is 5.82 Å². The number of halogens is 3. The highest BCUT2D eigenvalue weighted by Gasteiger charge is 2.34. The van der Waals surface area contributed by atoms with Gasteiger partial charge in [-0.15, -0.1) is 0 Å². The molecule has 23 heavy (non-hydrogen) atoms. The van der Waals surface area contributed by atoms with Crippen LogP contribution in [0.5, 0.6) is 0 Å². The summed E-state index contributed by atoms with van der Waals surface area (Å²) in [6, 6.07) is 1.63. The molecule has 3 rings (SSSR count). The Kier molecular flexibility index (Phi) is 4.72. The fraction of sp³-hybridized carbons (Fsp3) is 0.733. The second-order valence-electron chi connectivity index (χ2n) is 6.15. The average molecular weight is 330 g/mol. The van der Waals surface area contributed by atoms with Gasteiger partial charge in [0, 0.05) is 44.5 Å². The summed E-state index contributed by atoms with van der Waals surface area (Å²) in [4.78, 5) is 9.96. The quantitative estimate of drug-likeness (QED) is 0.923. The van der Waals surface area contributed by atoms with Crippen LogP contribution < -0.4 is 5.32 Å². The molecule has 0 aromatic carbocycles. The van der Waals surface area contributed by atoms with Crippen LogP contribution in [0.1, 0.15) is 30.8 Å². The zero-order valence-corrected chi connectivity index (χ0v) is 13.1. The normalized spacial score (nSPS) is 24.1. The third-order valence-electron chi connectivity index (χ3n) is 4.41. The molecule has 0 spiro atoms. The molecule has 2 fully saturated rings. The lowest BCUT2D eigenvalue weighted by Gasteiger charge is -2.31. The van der Waals surface area contributed by atoms with E-state index in [4.69, 9.17) is 4.74 Å². The van der Waals surface area contributed by atoms with E-state index >= 15 is 0 Å². The topological polar surface area (TPSA) is 50.3 Å². The number of hydrogen-bond acceptors (Lipinski definition) is 5. The summed E-state index contributed by atoms with van der Waals surface area (Å²) >= 11 is 0. The lowest BCUT2D eigenvalue weighted by Crippen LogP contribution is -2.39. The minimum absolute atomic E-state index is 0.119. The van der Waals surface area contributed by atoms with Crippen LogP contribution in [0.15, 0.2) is 6.07 Å². The molecule has 1 N–H and O–H groups in total. The minimum Gasteiger partial charge on any atom is -0.381 e. The molecule has 2 aliphatic rings. The Morgan fingerprint density at radius 1 is 1.22 bits per heavy atom. The number of ether oxygens (including phenoxy) is 1. The van der Waals surface area contributed by atoms with E-state index < -0.39 is 11.9 Å². The molecular formula is C15H21F3N4O. The van der Waals surface area contributed by atoms with Gasteiger partial charge in [-0.25, -0.2) is 9.97 Å². The predicted molar refractivity (Wildman–Crippen MR) is 79.2 cm³/mol. The third-order valence-corrected chi connectivity index (χ3v) is 4.41. The Morgan fingerprint density at radius 2 is 1.96 bits per heavy atom. The molecular weight excluding hydrogens is 309 g/mol. The molecule has 3 heterocycles. The van der Waals surface area contributed by atoms with Crippen molar-refractivity contribution in [2.45, 2.75) is 44.4 Å². The Labute approximate surface area is 133 Å². The lowest BCUT2D eigenvalue weighted by molar-refractivity contribution is -0.141. The SMILES string of the molecule is Cc1nc(NC2CCN(C3CCOCC3)C2)cc(C(F)(F)F)n1. The highest BCUT2D eigenvalue weighted by molar-refractivity contribution is 5.38. The average Bonchev–Trinajstić information content (AvgIpc) is 2.95. The van der Waals surface area contributed by atoms with E-state index in [1.165, 1.54) is 6.92 Å². The Morgan fingerprint density at radius 3 is 2.65 bits per heavy atom. The van der Waals surface area contributed by atoms with Crippen molar-refractivity contribution < 1.29 is 17.9 Å². The number of nitrogens with zero attached hydrogens (tertiary/aromatic N) is 3. The van der Waals surface area contributed by atoms with Crippen molar-refractivity contribution in [2.24, 2.45) is 0 Å². The predicted octanol–water partition coefficient (Wildman–Crippen LogP) is 2.47. The smallest absolute Gasteiger partial charge is 0.381 e. The second kappa shape index (κ2) is 6.60. The largest absolute Gasteiger partial charge is 0.433 e. The zero-order valence-electron chi connectivity index (χ0n) is 13.1. The van der Waals surface area contributed by atoms with E-state index in [1.54, 1.807) is 0 Å². The van der Waals surface area contributed by atoms with E-state index in [-0.39, 0.29) is 17.7 Å². The molecule has 0 aliphatic carbocycles. The lowest BCUT2D eigenvalue weighted by atomic mass is 10.1. The number of rotatable bonds is 3. The number of aromatic nitrogens is 2. The number of alkyl halides is 3. The van der Waals surface area contributed by atoms with Crippen LogP contribution in [0.4, 0.5) is 19.0 Å². The van der Waals surface area contributed by atoms with Gasteiger partial charge in [-0.05, 0) is 26.2 Å². The van der Waals surface area contributed by atoms with E-state index in [0.29, 0.717) is 6.04 Å². The molecule has 8 heteroatoms. The van der Waals surface area contributed by atoms with Crippen LogP contribution in [0, 0.1) is 6.92 Å². The fourth-order valence-corrected chi connectivity index (χ4v) is 3.28. The maximum Gasteiger partial charge on any atom is 0.433 e. The molecule has 0 radical (unpaired) electrons. The van der Waals surface area contributed by atoms with E-state index in [2.05, 4.69) is 20.2 Å². The summed E-state index contributed by atoms with van der Waals surface area (Å²) in [5.41, 5.74) is -0.896. The van der Waals surface area contributed by atoms with Crippen molar-refractivity contribution in [1.82, 2.24) is 14.9 Å². The van der Waals surface area contributed by atoms with Gasteiger partial charge >= 0.3 is 6.18 Å². The van der Waals surface area contributed by atoms with Crippen molar-refractivity contribution in [3.8, 4) is 0 Å². The fourth-order valence-electron chi connectivity index (χ4n) is 3.28. The third kappa shape index (κ3) is 4.11. The summed E-state index contributed by atoms with van der Waals surface area (Å²) < 4.78 is 43.9. The summed E-state index contributed by atoms with van der Waals surface area (Å²) in [5, 5.41) is 3.14. The van der Waals surface area contributed by atoms with Gasteiger partial charge < -0.3 is 10.1 Å². The van der Waals surface area contributed by atoms with Crippen LogP contribution in [-0.2, 0) is 10.9 Å². The summed E-state index contributed by atoms with van der Waals surface area (Å²) in [5.74, 6) is 0.380. The summed E-state index contributed by atoms with van der Waals surface area (Å²) in [6.07, 6.45) is -1.50. The Balaban J connectivity index is 1.63. The monoisotopic (exact) mass is 330 g/mol. The van der Waals surface area contributed by atoms with Gasteiger partial charge in [0.1, 0.15) is 17.3 Å². The molecule has 1 aromatic rings. The van der Waals surface area contributed by atoms with Crippen LogP contribution in [0.3, 0.4) is 0 Å². The van der Waals surface area contributed by atoms with Gasteiger partial charge in [-0.3, -0.25) is 4.90 Å². The first-order valence-electron chi connectivity index (χ1n) is 7.93. The Hall–Kier alpha value is -1.41. The molecule has 128 valence electrons. The van der Waals surface area contributed by atoms with E-state index in [0.717, 1.165) is 51.6 Å².